The van der Waals surface area contributed by atoms with Crippen molar-refractivity contribution < 1.29 is 24.2 Å². The number of fused-ring (bicyclic) bond motifs is 2. The van der Waals surface area contributed by atoms with Gasteiger partial charge in [-0.3, -0.25) is 14.4 Å². The van der Waals surface area contributed by atoms with Crippen molar-refractivity contribution in [1.82, 2.24) is 9.80 Å². The number of ether oxygens (including phenoxy) is 1. The van der Waals surface area contributed by atoms with Gasteiger partial charge in [-0.2, -0.15) is 0 Å². The maximum absolute atomic E-state index is 14.5. The van der Waals surface area contributed by atoms with Crippen molar-refractivity contribution in [2.24, 2.45) is 11.8 Å². The zero-order chi connectivity index (χ0) is 28.7. The minimum atomic E-state index is -1.28. The Morgan fingerprint density at radius 1 is 0.925 bits per heavy atom. The van der Waals surface area contributed by atoms with Gasteiger partial charge in [0.25, 0.3) is 5.91 Å². The standard InChI is InChI=1S/C31H42N4O5/c1-5-17-33-18-8-15-30(4)24(27(33)37)25-28(38)35(20-10-21-36)26-29(39)34(19-9-16-31(25,26)40-30)23-13-11-22(12-14-23)32(6-2)7-3/h8-9,11-16,24-26,36H,5-7,10,17-21H2,1-4H3/t24-,25-,26?,30+,31-/m0/s1. The van der Waals surface area contributed by atoms with E-state index in [1.807, 2.05) is 62.4 Å². The second kappa shape index (κ2) is 11.0. The number of likely N-dealkylation sites (tertiary alicyclic amines) is 1. The molecule has 0 saturated carbocycles. The highest BCUT2D eigenvalue weighted by atomic mass is 16.5. The largest absolute Gasteiger partial charge is 0.396 e. The Hall–Kier alpha value is -3.17. The van der Waals surface area contributed by atoms with E-state index in [1.165, 1.54) is 0 Å². The monoisotopic (exact) mass is 550 g/mol. The molecule has 5 atom stereocenters. The highest BCUT2D eigenvalue weighted by Gasteiger charge is 2.74. The third-order valence-corrected chi connectivity index (χ3v) is 8.98. The molecule has 1 unspecified atom stereocenters. The number of carbonyl (C=O) groups is 3. The van der Waals surface area contributed by atoms with Crippen LogP contribution < -0.4 is 9.80 Å². The van der Waals surface area contributed by atoms with E-state index in [1.54, 1.807) is 14.7 Å². The average Bonchev–Trinajstić information content (AvgIpc) is 3.21. The summed E-state index contributed by atoms with van der Waals surface area (Å²) in [5.74, 6) is -2.19. The van der Waals surface area contributed by atoms with Gasteiger partial charge in [-0.1, -0.05) is 31.2 Å². The van der Waals surface area contributed by atoms with Crippen LogP contribution in [0.2, 0.25) is 0 Å². The number of carbonyl (C=O) groups excluding carboxylic acids is 3. The lowest BCUT2D eigenvalue weighted by molar-refractivity contribution is -0.148. The van der Waals surface area contributed by atoms with Crippen LogP contribution >= 0.6 is 0 Å². The highest BCUT2D eigenvalue weighted by molar-refractivity contribution is 6.06. The number of hydrogen-bond donors (Lipinski definition) is 1. The molecule has 0 aliphatic carbocycles. The predicted octanol–water partition coefficient (Wildman–Crippen LogP) is 2.60. The number of aliphatic hydroxyl groups is 1. The molecule has 0 bridgehead atoms. The minimum absolute atomic E-state index is 0.108. The van der Waals surface area contributed by atoms with Gasteiger partial charge < -0.3 is 29.4 Å². The van der Waals surface area contributed by atoms with Gasteiger partial charge in [0, 0.05) is 57.3 Å². The van der Waals surface area contributed by atoms with Gasteiger partial charge in [0.2, 0.25) is 11.8 Å². The van der Waals surface area contributed by atoms with Crippen LogP contribution in [0.3, 0.4) is 0 Å². The Labute approximate surface area is 237 Å². The van der Waals surface area contributed by atoms with Crippen LogP contribution in [0.4, 0.5) is 11.4 Å². The summed E-state index contributed by atoms with van der Waals surface area (Å²) in [6.07, 6.45) is 8.76. The quantitative estimate of drug-likeness (QED) is 0.475. The van der Waals surface area contributed by atoms with Gasteiger partial charge in [0.1, 0.15) is 11.6 Å². The fourth-order valence-electron chi connectivity index (χ4n) is 7.19. The Bertz CT molecular complexity index is 1190. The lowest BCUT2D eigenvalue weighted by atomic mass is 9.74. The van der Waals surface area contributed by atoms with E-state index in [2.05, 4.69) is 18.7 Å². The number of aliphatic hydroxyl groups excluding tert-OH is 1. The van der Waals surface area contributed by atoms with Crippen molar-refractivity contribution in [2.75, 3.05) is 55.7 Å². The molecule has 4 aliphatic heterocycles. The van der Waals surface area contributed by atoms with Crippen LogP contribution in [0.5, 0.6) is 0 Å². The maximum atomic E-state index is 14.5. The van der Waals surface area contributed by atoms with Crippen molar-refractivity contribution in [3.05, 3.63) is 48.6 Å². The zero-order valence-corrected chi connectivity index (χ0v) is 24.1. The van der Waals surface area contributed by atoms with E-state index in [4.69, 9.17) is 4.74 Å². The molecule has 5 rings (SSSR count). The number of nitrogens with zero attached hydrogens (tertiary/aromatic N) is 4. The number of hydrogen-bond acceptors (Lipinski definition) is 6. The van der Waals surface area contributed by atoms with Gasteiger partial charge in [-0.15, -0.1) is 0 Å². The van der Waals surface area contributed by atoms with Crippen molar-refractivity contribution in [3.8, 4) is 0 Å². The first kappa shape index (κ1) is 28.4. The van der Waals surface area contributed by atoms with E-state index >= 15 is 0 Å². The summed E-state index contributed by atoms with van der Waals surface area (Å²) >= 11 is 0. The second-order valence-electron chi connectivity index (χ2n) is 11.3. The fourth-order valence-corrected chi connectivity index (χ4v) is 7.19. The fraction of sp³-hybridized carbons (Fsp3) is 0.581. The summed E-state index contributed by atoms with van der Waals surface area (Å²) in [6.45, 7) is 11.4. The van der Waals surface area contributed by atoms with Crippen molar-refractivity contribution in [1.29, 1.82) is 0 Å². The Balaban J connectivity index is 1.56. The van der Waals surface area contributed by atoms with Gasteiger partial charge in [-0.05, 0) is 57.9 Å². The summed E-state index contributed by atoms with van der Waals surface area (Å²) in [6, 6.07) is 6.98. The molecule has 9 nitrogen and oxygen atoms in total. The summed E-state index contributed by atoms with van der Waals surface area (Å²) in [5.41, 5.74) is -0.484. The van der Waals surface area contributed by atoms with Crippen LogP contribution in [0, 0.1) is 11.8 Å². The average molecular weight is 551 g/mol. The van der Waals surface area contributed by atoms with Gasteiger partial charge >= 0.3 is 0 Å². The molecule has 216 valence electrons. The molecule has 2 saturated heterocycles. The lowest BCUT2D eigenvalue weighted by Gasteiger charge is -2.37. The van der Waals surface area contributed by atoms with E-state index in [9.17, 15) is 19.5 Å². The zero-order valence-electron chi connectivity index (χ0n) is 24.1. The number of rotatable bonds is 9. The molecule has 4 aliphatic rings. The molecule has 40 heavy (non-hydrogen) atoms. The van der Waals surface area contributed by atoms with E-state index < -0.39 is 29.1 Å². The molecular weight excluding hydrogens is 508 g/mol. The van der Waals surface area contributed by atoms with E-state index in [-0.39, 0.29) is 30.9 Å². The van der Waals surface area contributed by atoms with Gasteiger partial charge in [-0.25, -0.2) is 0 Å². The third-order valence-electron chi connectivity index (χ3n) is 8.98. The first-order chi connectivity index (χ1) is 19.3. The van der Waals surface area contributed by atoms with Crippen LogP contribution in [0.15, 0.2) is 48.6 Å². The molecule has 1 N–H and O–H groups in total. The van der Waals surface area contributed by atoms with E-state index in [0.29, 0.717) is 26.1 Å². The Morgan fingerprint density at radius 3 is 2.27 bits per heavy atom. The second-order valence-corrected chi connectivity index (χ2v) is 11.3. The van der Waals surface area contributed by atoms with Crippen LogP contribution in [0.25, 0.3) is 0 Å². The van der Waals surface area contributed by atoms with Crippen molar-refractivity contribution >= 4 is 29.1 Å². The molecule has 3 amide bonds. The highest BCUT2D eigenvalue weighted by Crippen LogP contribution is 2.57. The first-order valence-corrected chi connectivity index (χ1v) is 14.7. The van der Waals surface area contributed by atoms with Gasteiger partial charge in [0.15, 0.2) is 0 Å². The number of benzene rings is 1. The smallest absolute Gasteiger partial charge is 0.253 e. The molecule has 0 aromatic heterocycles. The molecule has 0 radical (unpaired) electrons. The molecule has 9 heteroatoms. The van der Waals surface area contributed by atoms with Crippen molar-refractivity contribution in [3.63, 3.8) is 0 Å². The summed E-state index contributed by atoms with van der Waals surface area (Å²) < 4.78 is 6.84. The van der Waals surface area contributed by atoms with Gasteiger partial charge in [0.05, 0.1) is 17.4 Å². The lowest BCUT2D eigenvalue weighted by Crippen LogP contribution is -2.56. The summed E-state index contributed by atoms with van der Waals surface area (Å²) in [4.78, 5) is 49.9. The van der Waals surface area contributed by atoms with Crippen molar-refractivity contribution in [2.45, 2.75) is 57.8 Å². The third kappa shape index (κ3) is 4.34. The predicted molar refractivity (Wildman–Crippen MR) is 154 cm³/mol. The SMILES string of the molecule is CCCN1CC=C[C@@]2(C)O[C@]34C=CCN(c5ccc(N(CC)CC)cc5)C(=O)C3N(CCCO)C(=O)[C@@H]4[C@H]2C1=O. The Morgan fingerprint density at radius 2 is 1.62 bits per heavy atom. The molecule has 1 spiro atoms. The molecule has 2 fully saturated rings. The maximum Gasteiger partial charge on any atom is 0.253 e. The van der Waals surface area contributed by atoms with Crippen LogP contribution in [0.1, 0.15) is 40.5 Å². The topological polar surface area (TPSA) is 93.6 Å². The number of amides is 3. The summed E-state index contributed by atoms with van der Waals surface area (Å²) in [5, 5.41) is 9.62. The van der Waals surface area contributed by atoms with Crippen LogP contribution in [-0.4, -0.2) is 95.7 Å². The molecule has 4 heterocycles. The molecule has 1 aromatic carbocycles. The summed E-state index contributed by atoms with van der Waals surface area (Å²) in [7, 11) is 0. The molecular formula is C31H42N4O5. The van der Waals surface area contributed by atoms with E-state index in [0.717, 1.165) is 30.9 Å². The normalized spacial score (nSPS) is 31.3. The number of anilines is 2. The van der Waals surface area contributed by atoms with Crippen LogP contribution in [-0.2, 0) is 19.1 Å². The first-order valence-electron chi connectivity index (χ1n) is 14.7. The Kier molecular flexibility index (Phi) is 7.81. The molecule has 1 aromatic rings. The minimum Gasteiger partial charge on any atom is -0.396 e.